The summed E-state index contributed by atoms with van der Waals surface area (Å²) in [5, 5.41) is 3.99. The first-order chi connectivity index (χ1) is 11.4. The molecule has 0 aliphatic heterocycles. The van der Waals surface area contributed by atoms with Gasteiger partial charge in [-0.2, -0.15) is 0 Å². The van der Waals surface area contributed by atoms with Crippen LogP contribution in [0.25, 0.3) is 0 Å². The Kier molecular flexibility index (Phi) is 5.68. The summed E-state index contributed by atoms with van der Waals surface area (Å²) in [7, 11) is 0. The van der Waals surface area contributed by atoms with Crippen molar-refractivity contribution < 1.29 is 9.57 Å². The molecule has 3 nitrogen and oxygen atoms in total. The number of hydrogen-bond donors (Lipinski definition) is 0. The van der Waals surface area contributed by atoms with Crippen molar-refractivity contribution in [3.8, 4) is 5.75 Å². The maximum Gasteiger partial charge on any atom is 0.127 e. The minimum Gasteiger partial charge on any atom is -0.488 e. The van der Waals surface area contributed by atoms with E-state index in [9.17, 15) is 0 Å². The third-order valence-electron chi connectivity index (χ3n) is 4.09. The third-order valence-corrected chi connectivity index (χ3v) is 4.09. The zero-order valence-electron chi connectivity index (χ0n) is 13.4. The molecule has 23 heavy (non-hydrogen) atoms. The Labute approximate surface area is 137 Å². The molecule has 0 amide bonds. The Morgan fingerprint density at radius 2 is 1.61 bits per heavy atom. The van der Waals surface area contributed by atoms with Crippen molar-refractivity contribution in [3.05, 3.63) is 65.7 Å². The van der Waals surface area contributed by atoms with E-state index in [1.54, 1.807) is 6.21 Å². The van der Waals surface area contributed by atoms with Crippen LogP contribution in [0.1, 0.15) is 36.8 Å². The van der Waals surface area contributed by atoms with Crippen molar-refractivity contribution in [2.45, 2.75) is 38.2 Å². The molecule has 1 saturated carbocycles. The van der Waals surface area contributed by atoms with E-state index < -0.39 is 0 Å². The highest BCUT2D eigenvalue weighted by atomic mass is 16.6. The second-order valence-electron chi connectivity index (χ2n) is 5.92. The number of benzene rings is 2. The molecule has 1 aliphatic rings. The molecule has 1 fully saturated rings. The predicted octanol–water partition coefficient (Wildman–Crippen LogP) is 4.60. The molecule has 0 radical (unpaired) electrons. The van der Waals surface area contributed by atoms with Gasteiger partial charge in [0.2, 0.25) is 0 Å². The quantitative estimate of drug-likeness (QED) is 0.553. The first kappa shape index (κ1) is 15.6. The smallest absolute Gasteiger partial charge is 0.127 e. The molecule has 0 heterocycles. The van der Waals surface area contributed by atoms with Gasteiger partial charge in [0.15, 0.2) is 0 Å². The molecule has 3 rings (SSSR count). The maximum atomic E-state index is 5.65. The zero-order valence-corrected chi connectivity index (χ0v) is 13.4. The van der Waals surface area contributed by atoms with E-state index in [0.717, 1.165) is 25.0 Å². The highest BCUT2D eigenvalue weighted by molar-refractivity contribution is 5.58. The first-order valence-corrected chi connectivity index (χ1v) is 8.33. The van der Waals surface area contributed by atoms with Gasteiger partial charge < -0.3 is 9.57 Å². The summed E-state index contributed by atoms with van der Waals surface area (Å²) >= 11 is 0. The zero-order chi connectivity index (χ0) is 15.7. The lowest BCUT2D eigenvalue weighted by Gasteiger charge is -2.07. The minimum atomic E-state index is 0.309. The normalized spacial score (nSPS) is 15.1. The lowest BCUT2D eigenvalue weighted by molar-refractivity contribution is 0.0647. The third kappa shape index (κ3) is 5.13. The minimum absolute atomic E-state index is 0.309. The Balaban J connectivity index is 1.41. The van der Waals surface area contributed by atoms with Gasteiger partial charge >= 0.3 is 0 Å². The predicted molar refractivity (Wildman–Crippen MR) is 93.0 cm³/mol. The molecule has 2 aromatic carbocycles. The van der Waals surface area contributed by atoms with E-state index in [1.165, 1.54) is 24.0 Å². The van der Waals surface area contributed by atoms with Crippen LogP contribution in [-0.4, -0.2) is 18.9 Å². The van der Waals surface area contributed by atoms with Crippen LogP contribution in [-0.2, 0) is 11.3 Å². The van der Waals surface area contributed by atoms with Gasteiger partial charge in [-0.15, -0.1) is 0 Å². The number of hydrogen-bond acceptors (Lipinski definition) is 3. The summed E-state index contributed by atoms with van der Waals surface area (Å²) in [4.78, 5) is 5.42. The number of oxime groups is 1. The topological polar surface area (TPSA) is 30.8 Å². The Morgan fingerprint density at radius 3 is 2.35 bits per heavy atom. The molecular weight excluding hydrogens is 286 g/mol. The lowest BCUT2D eigenvalue weighted by Crippen LogP contribution is -2.04. The van der Waals surface area contributed by atoms with Crippen LogP contribution in [0.5, 0.6) is 5.75 Å². The Morgan fingerprint density at radius 1 is 0.913 bits per heavy atom. The summed E-state index contributed by atoms with van der Waals surface area (Å²) in [6.07, 6.45) is 7.71. The molecule has 0 bridgehead atoms. The van der Waals surface area contributed by atoms with Crippen LogP contribution in [0.3, 0.4) is 0 Å². The Hall–Kier alpha value is -2.29. The van der Waals surface area contributed by atoms with Crippen molar-refractivity contribution in [3.63, 3.8) is 0 Å². The van der Waals surface area contributed by atoms with E-state index in [-0.39, 0.29) is 0 Å². The van der Waals surface area contributed by atoms with E-state index >= 15 is 0 Å². The molecular formula is C20H23NO2. The van der Waals surface area contributed by atoms with Crippen LogP contribution >= 0.6 is 0 Å². The van der Waals surface area contributed by atoms with Gasteiger partial charge in [-0.05, 0) is 55.4 Å². The van der Waals surface area contributed by atoms with E-state index in [0.29, 0.717) is 12.7 Å². The van der Waals surface area contributed by atoms with Crippen LogP contribution < -0.4 is 4.74 Å². The first-order valence-electron chi connectivity index (χ1n) is 8.33. The summed E-state index contributed by atoms with van der Waals surface area (Å²) in [6, 6.07) is 18.7. The largest absolute Gasteiger partial charge is 0.488 e. The van der Waals surface area contributed by atoms with Gasteiger partial charge in [0.05, 0.1) is 6.21 Å². The monoisotopic (exact) mass is 309 g/mol. The molecule has 0 N–H and O–H groups in total. The van der Waals surface area contributed by atoms with Crippen LogP contribution in [0.15, 0.2) is 59.8 Å². The standard InChI is InChI=1S/C20H23NO2/c1-2-6-17(7-3-1)16-18-10-12-19(13-11-18)22-15-14-21-23-20-8-4-5-9-20/h1-3,6-7,10-14,20H,4-5,8-9,15-16H2/b21-14+. The molecule has 3 heteroatoms. The van der Waals surface area contributed by atoms with Crippen LogP contribution in [0.4, 0.5) is 0 Å². The fraction of sp³-hybridized carbons (Fsp3) is 0.350. The molecule has 0 atom stereocenters. The van der Waals surface area contributed by atoms with Crippen LogP contribution in [0, 0.1) is 0 Å². The van der Waals surface area contributed by atoms with E-state index in [1.807, 2.05) is 18.2 Å². The summed E-state index contributed by atoms with van der Waals surface area (Å²) < 4.78 is 5.65. The molecule has 0 saturated heterocycles. The molecule has 0 spiro atoms. The van der Waals surface area contributed by atoms with Crippen LogP contribution in [0.2, 0.25) is 0 Å². The fourth-order valence-corrected chi connectivity index (χ4v) is 2.82. The van der Waals surface area contributed by atoms with Gasteiger partial charge in [-0.1, -0.05) is 47.6 Å². The molecule has 120 valence electrons. The molecule has 1 aliphatic carbocycles. The average molecular weight is 309 g/mol. The second kappa shape index (κ2) is 8.37. The highest BCUT2D eigenvalue weighted by Crippen LogP contribution is 2.20. The van der Waals surface area contributed by atoms with Gasteiger partial charge in [-0.3, -0.25) is 0 Å². The Bertz CT molecular complexity index is 601. The maximum absolute atomic E-state index is 5.65. The number of ether oxygens (including phenoxy) is 1. The average Bonchev–Trinajstić information content (AvgIpc) is 3.10. The summed E-state index contributed by atoms with van der Waals surface area (Å²) in [5.41, 5.74) is 2.60. The number of nitrogens with zero attached hydrogens (tertiary/aromatic N) is 1. The molecule has 0 unspecified atom stereocenters. The van der Waals surface area contributed by atoms with Gasteiger partial charge in [0.25, 0.3) is 0 Å². The van der Waals surface area contributed by atoms with Crippen molar-refractivity contribution >= 4 is 6.21 Å². The van der Waals surface area contributed by atoms with Crippen molar-refractivity contribution in [1.82, 2.24) is 0 Å². The summed E-state index contributed by atoms with van der Waals surface area (Å²) in [5.74, 6) is 0.856. The molecule has 0 aromatic heterocycles. The van der Waals surface area contributed by atoms with Crippen molar-refractivity contribution in [1.29, 1.82) is 0 Å². The number of rotatable bonds is 7. The SMILES string of the molecule is C(/COc1ccc(Cc2ccccc2)cc1)=N\OC1CCCC1. The van der Waals surface area contributed by atoms with Crippen molar-refractivity contribution in [2.24, 2.45) is 5.16 Å². The van der Waals surface area contributed by atoms with E-state index in [2.05, 4.69) is 41.6 Å². The van der Waals surface area contributed by atoms with Crippen molar-refractivity contribution in [2.75, 3.05) is 6.61 Å². The summed E-state index contributed by atoms with van der Waals surface area (Å²) in [6.45, 7) is 0.435. The fourth-order valence-electron chi connectivity index (χ4n) is 2.82. The lowest BCUT2D eigenvalue weighted by atomic mass is 10.1. The second-order valence-corrected chi connectivity index (χ2v) is 5.92. The molecule has 2 aromatic rings. The van der Waals surface area contributed by atoms with Gasteiger partial charge in [-0.25, -0.2) is 0 Å². The van der Waals surface area contributed by atoms with E-state index in [4.69, 9.17) is 9.57 Å². The van der Waals surface area contributed by atoms with Gasteiger partial charge in [0.1, 0.15) is 18.5 Å². The van der Waals surface area contributed by atoms with Gasteiger partial charge in [0, 0.05) is 0 Å². The highest BCUT2D eigenvalue weighted by Gasteiger charge is 2.15.